The highest BCUT2D eigenvalue weighted by Crippen LogP contribution is 2.10. The standard InChI is InChI=1S/C13H26N2O3S/c1-10(2)9-19(17,18)7-5-13(16)15-12-4-6-14-8-11(12)3/h10-12,14H,4-9H2,1-3H3,(H,15,16). The van der Waals surface area contributed by atoms with Gasteiger partial charge in [0, 0.05) is 12.5 Å². The molecule has 0 aliphatic carbocycles. The van der Waals surface area contributed by atoms with E-state index in [-0.39, 0.29) is 35.8 Å². The van der Waals surface area contributed by atoms with Gasteiger partial charge in [0.15, 0.2) is 9.84 Å². The molecule has 0 aromatic carbocycles. The molecule has 6 heteroatoms. The van der Waals surface area contributed by atoms with E-state index in [4.69, 9.17) is 0 Å². The highest BCUT2D eigenvalue weighted by molar-refractivity contribution is 7.91. The van der Waals surface area contributed by atoms with E-state index in [2.05, 4.69) is 17.6 Å². The van der Waals surface area contributed by atoms with Gasteiger partial charge in [0.2, 0.25) is 5.91 Å². The molecule has 2 unspecified atom stereocenters. The fourth-order valence-electron chi connectivity index (χ4n) is 2.35. The minimum atomic E-state index is -3.10. The van der Waals surface area contributed by atoms with Crippen molar-refractivity contribution in [2.24, 2.45) is 11.8 Å². The number of nitrogens with one attached hydrogen (secondary N) is 2. The molecule has 1 heterocycles. The van der Waals surface area contributed by atoms with Crippen molar-refractivity contribution in [1.29, 1.82) is 0 Å². The first-order valence-corrected chi connectivity index (χ1v) is 8.83. The summed E-state index contributed by atoms with van der Waals surface area (Å²) in [5, 5.41) is 6.22. The van der Waals surface area contributed by atoms with Gasteiger partial charge in [-0.15, -0.1) is 0 Å². The second-order valence-corrected chi connectivity index (χ2v) is 8.13. The molecule has 0 aromatic heterocycles. The highest BCUT2D eigenvalue weighted by atomic mass is 32.2. The summed E-state index contributed by atoms with van der Waals surface area (Å²) in [5.74, 6) is 0.467. The number of hydrogen-bond acceptors (Lipinski definition) is 4. The molecule has 1 fully saturated rings. The van der Waals surface area contributed by atoms with Crippen LogP contribution in [-0.4, -0.2) is 45.0 Å². The third-order valence-corrected chi connectivity index (χ3v) is 5.36. The first-order valence-electron chi connectivity index (χ1n) is 7.00. The van der Waals surface area contributed by atoms with E-state index in [0.29, 0.717) is 5.92 Å². The number of carbonyl (C=O) groups is 1. The van der Waals surface area contributed by atoms with Gasteiger partial charge >= 0.3 is 0 Å². The summed E-state index contributed by atoms with van der Waals surface area (Å²) in [5.41, 5.74) is 0. The third-order valence-electron chi connectivity index (χ3n) is 3.36. The molecule has 0 aromatic rings. The average Bonchev–Trinajstić information content (AvgIpc) is 2.28. The second kappa shape index (κ2) is 7.24. The Hall–Kier alpha value is -0.620. The quantitative estimate of drug-likeness (QED) is 0.749. The van der Waals surface area contributed by atoms with Crippen LogP contribution in [-0.2, 0) is 14.6 Å². The predicted molar refractivity (Wildman–Crippen MR) is 76.7 cm³/mol. The summed E-state index contributed by atoms with van der Waals surface area (Å²) < 4.78 is 23.4. The van der Waals surface area contributed by atoms with Gasteiger partial charge in [0.1, 0.15) is 0 Å². The van der Waals surface area contributed by atoms with Crippen molar-refractivity contribution in [2.75, 3.05) is 24.6 Å². The number of sulfone groups is 1. The van der Waals surface area contributed by atoms with Gasteiger partial charge in [-0.3, -0.25) is 4.79 Å². The van der Waals surface area contributed by atoms with Crippen molar-refractivity contribution in [3.05, 3.63) is 0 Å². The van der Waals surface area contributed by atoms with Crippen LogP contribution >= 0.6 is 0 Å². The van der Waals surface area contributed by atoms with E-state index in [1.54, 1.807) is 0 Å². The van der Waals surface area contributed by atoms with E-state index < -0.39 is 9.84 Å². The minimum Gasteiger partial charge on any atom is -0.353 e. The lowest BCUT2D eigenvalue weighted by molar-refractivity contribution is -0.121. The Balaban J connectivity index is 2.35. The Labute approximate surface area is 116 Å². The van der Waals surface area contributed by atoms with Crippen LogP contribution in [0.1, 0.15) is 33.6 Å². The van der Waals surface area contributed by atoms with E-state index in [0.717, 1.165) is 19.5 Å². The van der Waals surface area contributed by atoms with Gasteiger partial charge in [-0.25, -0.2) is 8.42 Å². The molecule has 0 saturated carbocycles. The number of piperidine rings is 1. The van der Waals surface area contributed by atoms with Gasteiger partial charge in [-0.1, -0.05) is 20.8 Å². The average molecular weight is 290 g/mol. The fraction of sp³-hybridized carbons (Fsp3) is 0.923. The smallest absolute Gasteiger partial charge is 0.221 e. The number of amides is 1. The van der Waals surface area contributed by atoms with Crippen molar-refractivity contribution in [2.45, 2.75) is 39.7 Å². The Kier molecular flexibility index (Phi) is 6.26. The molecule has 0 bridgehead atoms. The maximum atomic E-state index is 11.8. The van der Waals surface area contributed by atoms with Crippen LogP contribution in [0.4, 0.5) is 0 Å². The molecular formula is C13H26N2O3S. The van der Waals surface area contributed by atoms with Gasteiger partial charge < -0.3 is 10.6 Å². The lowest BCUT2D eigenvalue weighted by atomic mass is 9.95. The Bertz CT molecular complexity index is 393. The normalized spacial score (nSPS) is 24.4. The molecule has 0 spiro atoms. The Morgan fingerprint density at radius 1 is 1.42 bits per heavy atom. The van der Waals surface area contributed by atoms with Crippen molar-refractivity contribution < 1.29 is 13.2 Å². The molecule has 0 radical (unpaired) electrons. The third kappa shape index (κ3) is 6.38. The maximum absolute atomic E-state index is 11.8. The zero-order valence-corrected chi connectivity index (χ0v) is 12.9. The molecule has 5 nitrogen and oxygen atoms in total. The van der Waals surface area contributed by atoms with E-state index >= 15 is 0 Å². The first kappa shape index (κ1) is 16.4. The van der Waals surface area contributed by atoms with Gasteiger partial charge in [0.25, 0.3) is 0 Å². The largest absolute Gasteiger partial charge is 0.353 e. The SMILES string of the molecule is CC(C)CS(=O)(=O)CCC(=O)NC1CCNCC1C. The molecule has 112 valence electrons. The lowest BCUT2D eigenvalue weighted by Crippen LogP contribution is -2.48. The summed E-state index contributed by atoms with van der Waals surface area (Å²) in [6.45, 7) is 7.63. The van der Waals surface area contributed by atoms with Crippen LogP contribution < -0.4 is 10.6 Å². The lowest BCUT2D eigenvalue weighted by Gasteiger charge is -2.30. The number of hydrogen-bond donors (Lipinski definition) is 2. The minimum absolute atomic E-state index is 0.0453. The van der Waals surface area contributed by atoms with Crippen LogP contribution in [0.2, 0.25) is 0 Å². The predicted octanol–water partition coefficient (Wildman–Crippen LogP) is 0.562. The molecule has 1 aliphatic rings. The van der Waals surface area contributed by atoms with E-state index in [1.165, 1.54) is 0 Å². The van der Waals surface area contributed by atoms with E-state index in [9.17, 15) is 13.2 Å². The summed E-state index contributed by atoms with van der Waals surface area (Å²) in [4.78, 5) is 11.8. The van der Waals surface area contributed by atoms with E-state index in [1.807, 2.05) is 13.8 Å². The molecule has 1 saturated heterocycles. The summed E-state index contributed by atoms with van der Waals surface area (Å²) in [7, 11) is -3.10. The number of rotatable bonds is 6. The first-order chi connectivity index (χ1) is 8.80. The number of carbonyl (C=O) groups excluding carboxylic acids is 1. The van der Waals surface area contributed by atoms with Crippen LogP contribution in [0.3, 0.4) is 0 Å². The van der Waals surface area contributed by atoms with Gasteiger partial charge in [0.05, 0.1) is 11.5 Å². The molecule has 19 heavy (non-hydrogen) atoms. The van der Waals surface area contributed by atoms with Crippen LogP contribution in [0, 0.1) is 11.8 Å². The molecule has 1 amide bonds. The van der Waals surface area contributed by atoms with Gasteiger partial charge in [-0.2, -0.15) is 0 Å². The Morgan fingerprint density at radius 2 is 2.11 bits per heavy atom. The van der Waals surface area contributed by atoms with Crippen molar-refractivity contribution >= 4 is 15.7 Å². The van der Waals surface area contributed by atoms with Crippen LogP contribution in [0.25, 0.3) is 0 Å². The van der Waals surface area contributed by atoms with Gasteiger partial charge in [-0.05, 0) is 31.3 Å². The summed E-state index contributed by atoms with van der Waals surface area (Å²) >= 11 is 0. The maximum Gasteiger partial charge on any atom is 0.221 e. The fourth-order valence-corrected chi connectivity index (χ4v) is 4.03. The monoisotopic (exact) mass is 290 g/mol. The molecule has 2 atom stereocenters. The van der Waals surface area contributed by atoms with Crippen molar-refractivity contribution in [1.82, 2.24) is 10.6 Å². The Morgan fingerprint density at radius 3 is 2.68 bits per heavy atom. The molecule has 2 N–H and O–H groups in total. The second-order valence-electron chi connectivity index (χ2n) is 5.90. The zero-order valence-electron chi connectivity index (χ0n) is 12.1. The zero-order chi connectivity index (χ0) is 14.5. The van der Waals surface area contributed by atoms with Crippen molar-refractivity contribution in [3.63, 3.8) is 0 Å². The van der Waals surface area contributed by atoms with Crippen LogP contribution in [0.5, 0.6) is 0 Å². The highest BCUT2D eigenvalue weighted by Gasteiger charge is 2.23. The molecule has 1 aliphatic heterocycles. The molecule has 1 rings (SSSR count). The molecular weight excluding hydrogens is 264 g/mol. The van der Waals surface area contributed by atoms with Crippen molar-refractivity contribution in [3.8, 4) is 0 Å². The van der Waals surface area contributed by atoms with Crippen LogP contribution in [0.15, 0.2) is 0 Å². The summed E-state index contributed by atoms with van der Waals surface area (Å²) in [6.07, 6.45) is 0.983. The topological polar surface area (TPSA) is 75.3 Å². The summed E-state index contributed by atoms with van der Waals surface area (Å²) in [6, 6.07) is 0.168.